The summed E-state index contributed by atoms with van der Waals surface area (Å²) in [6, 6.07) is 7.91. The Morgan fingerprint density at radius 1 is 1.47 bits per heavy atom. The second kappa shape index (κ2) is 5.71. The van der Waals surface area contributed by atoms with Crippen molar-refractivity contribution in [3.8, 4) is 17.5 Å². The maximum Gasteiger partial charge on any atom is 0.215 e. The van der Waals surface area contributed by atoms with Crippen LogP contribution in [0.4, 0.5) is 0 Å². The van der Waals surface area contributed by atoms with Gasteiger partial charge in [-0.3, -0.25) is 0 Å². The van der Waals surface area contributed by atoms with Crippen molar-refractivity contribution in [2.45, 2.75) is 24.3 Å². The third-order valence-corrected chi connectivity index (χ3v) is 3.39. The van der Waals surface area contributed by atoms with E-state index >= 15 is 0 Å². The number of nitrogens with zero attached hydrogens (tertiary/aromatic N) is 5. The smallest absolute Gasteiger partial charge is 0.215 e. The summed E-state index contributed by atoms with van der Waals surface area (Å²) in [5.74, 6) is 0.685. The lowest BCUT2D eigenvalue weighted by Crippen LogP contribution is -2.04. The first-order valence-electron chi connectivity index (χ1n) is 5.65. The maximum atomic E-state index is 8.87. The van der Waals surface area contributed by atoms with E-state index in [9.17, 15) is 0 Å². The number of rotatable bonds is 4. The molecule has 0 spiro atoms. The van der Waals surface area contributed by atoms with E-state index in [1.807, 2.05) is 25.1 Å². The van der Waals surface area contributed by atoms with Crippen LogP contribution in [0.25, 0.3) is 5.69 Å². The lowest BCUT2D eigenvalue weighted by atomic mass is 10.2. The van der Waals surface area contributed by atoms with Gasteiger partial charge in [0.2, 0.25) is 5.16 Å². The molecule has 0 amide bonds. The number of methoxy groups -OCH3 is 1. The molecular weight excluding hydrogens is 262 g/mol. The number of aryl methyl sites for hydroxylation is 1. The Morgan fingerprint density at radius 3 is 2.95 bits per heavy atom. The van der Waals surface area contributed by atoms with Crippen LogP contribution >= 0.6 is 11.8 Å². The highest BCUT2D eigenvalue weighted by Gasteiger charge is 2.15. The number of hydrogen-bond acceptors (Lipinski definition) is 6. The zero-order valence-corrected chi connectivity index (χ0v) is 11.7. The van der Waals surface area contributed by atoms with Crippen molar-refractivity contribution in [2.75, 3.05) is 7.11 Å². The molecule has 0 saturated heterocycles. The van der Waals surface area contributed by atoms with Gasteiger partial charge in [0.05, 0.1) is 18.4 Å². The van der Waals surface area contributed by atoms with E-state index in [-0.39, 0.29) is 5.25 Å². The summed E-state index contributed by atoms with van der Waals surface area (Å²) < 4.78 is 6.91. The van der Waals surface area contributed by atoms with Gasteiger partial charge in [0.1, 0.15) is 11.4 Å². The minimum absolute atomic E-state index is 0.222. The molecule has 1 aromatic heterocycles. The summed E-state index contributed by atoms with van der Waals surface area (Å²) in [6.07, 6.45) is 0. The van der Waals surface area contributed by atoms with Crippen LogP contribution in [0.2, 0.25) is 0 Å². The minimum atomic E-state index is -0.222. The third kappa shape index (κ3) is 2.85. The molecule has 0 unspecified atom stereocenters. The molecule has 0 saturated carbocycles. The highest BCUT2D eigenvalue weighted by Crippen LogP contribution is 2.28. The van der Waals surface area contributed by atoms with Gasteiger partial charge < -0.3 is 4.74 Å². The molecule has 0 bridgehead atoms. The molecule has 1 aromatic carbocycles. The van der Waals surface area contributed by atoms with Crippen molar-refractivity contribution >= 4 is 11.8 Å². The van der Waals surface area contributed by atoms with Crippen LogP contribution in [-0.4, -0.2) is 32.6 Å². The molecular formula is C12H13N5OS. The molecule has 0 N–H and O–H groups in total. The normalized spacial score (nSPS) is 11.9. The molecule has 19 heavy (non-hydrogen) atoms. The Balaban J connectivity index is 2.45. The van der Waals surface area contributed by atoms with E-state index in [1.165, 1.54) is 11.8 Å². The van der Waals surface area contributed by atoms with Gasteiger partial charge in [-0.1, -0.05) is 17.8 Å². The molecule has 0 radical (unpaired) electrons. The molecule has 6 nitrogen and oxygen atoms in total. The fraction of sp³-hybridized carbons (Fsp3) is 0.333. The Hall–Kier alpha value is -2.07. The van der Waals surface area contributed by atoms with Crippen molar-refractivity contribution in [1.82, 2.24) is 20.2 Å². The topological polar surface area (TPSA) is 76.6 Å². The summed E-state index contributed by atoms with van der Waals surface area (Å²) in [4.78, 5) is 0. The van der Waals surface area contributed by atoms with Crippen LogP contribution in [0.3, 0.4) is 0 Å². The maximum absolute atomic E-state index is 8.87. The molecule has 0 aliphatic heterocycles. The molecule has 1 heterocycles. The van der Waals surface area contributed by atoms with Crippen molar-refractivity contribution in [3.05, 3.63) is 23.8 Å². The molecule has 0 aliphatic rings. The van der Waals surface area contributed by atoms with Crippen LogP contribution in [0.15, 0.2) is 23.4 Å². The number of thioether (sulfide) groups is 1. The molecule has 2 aromatic rings. The predicted molar refractivity (Wildman–Crippen MR) is 71.4 cm³/mol. The Morgan fingerprint density at radius 2 is 2.26 bits per heavy atom. The largest absolute Gasteiger partial charge is 0.494 e. The van der Waals surface area contributed by atoms with Gasteiger partial charge in [0.15, 0.2) is 0 Å². The monoisotopic (exact) mass is 275 g/mol. The van der Waals surface area contributed by atoms with Gasteiger partial charge in [-0.2, -0.15) is 9.94 Å². The second-order valence-electron chi connectivity index (χ2n) is 3.94. The summed E-state index contributed by atoms with van der Waals surface area (Å²) in [6.45, 7) is 3.79. The SMILES string of the molecule is COc1ccc(C)cc1-n1nnnc1S[C@@H](C)C#N. The average Bonchev–Trinajstić information content (AvgIpc) is 2.86. The number of ether oxygens (including phenoxy) is 1. The third-order valence-electron chi connectivity index (χ3n) is 2.47. The predicted octanol–water partition coefficient (Wildman–Crippen LogP) is 1.98. The number of aromatic nitrogens is 4. The molecule has 98 valence electrons. The number of nitriles is 1. The summed E-state index contributed by atoms with van der Waals surface area (Å²) >= 11 is 1.31. The lowest BCUT2D eigenvalue weighted by molar-refractivity contribution is 0.410. The Bertz CT molecular complexity index is 619. The van der Waals surface area contributed by atoms with Crippen LogP contribution in [0.5, 0.6) is 5.75 Å². The molecule has 0 fully saturated rings. The quantitative estimate of drug-likeness (QED) is 0.794. The van der Waals surface area contributed by atoms with Crippen molar-refractivity contribution in [2.24, 2.45) is 0 Å². The first-order chi connectivity index (χ1) is 9.15. The minimum Gasteiger partial charge on any atom is -0.494 e. The van der Waals surface area contributed by atoms with Crippen LogP contribution in [-0.2, 0) is 0 Å². The molecule has 7 heteroatoms. The van der Waals surface area contributed by atoms with E-state index in [1.54, 1.807) is 18.7 Å². The van der Waals surface area contributed by atoms with Gasteiger partial charge in [-0.05, 0) is 42.0 Å². The number of benzene rings is 1. The molecule has 0 aliphatic carbocycles. The zero-order chi connectivity index (χ0) is 13.8. The van der Waals surface area contributed by atoms with Gasteiger partial charge in [0, 0.05) is 0 Å². The molecule has 2 rings (SSSR count). The Labute approximate surface area is 115 Å². The standard InChI is InChI=1S/C12H13N5OS/c1-8-4-5-11(18-3)10(6-8)17-12(14-15-16-17)19-9(2)7-13/h4-6,9H,1-3H3/t9-/m0/s1. The van der Waals surface area contributed by atoms with Gasteiger partial charge in [0.25, 0.3) is 0 Å². The zero-order valence-electron chi connectivity index (χ0n) is 10.9. The van der Waals surface area contributed by atoms with E-state index in [0.717, 1.165) is 11.3 Å². The van der Waals surface area contributed by atoms with Gasteiger partial charge in [-0.25, -0.2) is 0 Å². The van der Waals surface area contributed by atoms with E-state index in [4.69, 9.17) is 10.00 Å². The van der Waals surface area contributed by atoms with Gasteiger partial charge >= 0.3 is 0 Å². The fourth-order valence-electron chi connectivity index (χ4n) is 1.55. The van der Waals surface area contributed by atoms with Crippen LogP contribution in [0, 0.1) is 18.3 Å². The number of hydrogen-bond donors (Lipinski definition) is 0. The Kier molecular flexibility index (Phi) is 4.02. The summed E-state index contributed by atoms with van der Waals surface area (Å²) in [5, 5.41) is 20.8. The van der Waals surface area contributed by atoms with Crippen LogP contribution in [0.1, 0.15) is 12.5 Å². The number of tetrazole rings is 1. The highest BCUT2D eigenvalue weighted by atomic mass is 32.2. The second-order valence-corrected chi connectivity index (χ2v) is 5.25. The molecule has 1 atom stereocenters. The average molecular weight is 275 g/mol. The fourth-order valence-corrected chi connectivity index (χ4v) is 2.24. The summed E-state index contributed by atoms with van der Waals surface area (Å²) in [7, 11) is 1.60. The summed E-state index contributed by atoms with van der Waals surface area (Å²) in [5.41, 5.74) is 1.84. The van der Waals surface area contributed by atoms with Crippen molar-refractivity contribution < 1.29 is 4.74 Å². The van der Waals surface area contributed by atoms with E-state index < -0.39 is 0 Å². The van der Waals surface area contributed by atoms with Crippen molar-refractivity contribution in [1.29, 1.82) is 5.26 Å². The van der Waals surface area contributed by atoms with Crippen molar-refractivity contribution in [3.63, 3.8) is 0 Å². The lowest BCUT2D eigenvalue weighted by Gasteiger charge is -2.10. The van der Waals surface area contributed by atoms with Gasteiger partial charge in [-0.15, -0.1) is 5.10 Å². The van der Waals surface area contributed by atoms with E-state index in [2.05, 4.69) is 21.6 Å². The van der Waals surface area contributed by atoms with Crippen LogP contribution < -0.4 is 4.74 Å². The first kappa shape index (κ1) is 13.4. The highest BCUT2D eigenvalue weighted by molar-refractivity contribution is 8.00. The first-order valence-corrected chi connectivity index (χ1v) is 6.53. The van der Waals surface area contributed by atoms with E-state index in [0.29, 0.717) is 10.9 Å².